The topological polar surface area (TPSA) is 55.1 Å². The molecule has 0 saturated heterocycles. The van der Waals surface area contributed by atoms with Crippen LogP contribution in [0.5, 0.6) is 0 Å². The fraction of sp³-hybridized carbons (Fsp3) is 0.600. The highest BCUT2D eigenvalue weighted by Gasteiger charge is 2.09. The average Bonchev–Trinajstić information content (AvgIpc) is 2.54. The van der Waals surface area contributed by atoms with Crippen LogP contribution in [0.15, 0.2) is 12.3 Å². The molecule has 1 aromatic rings. The van der Waals surface area contributed by atoms with Crippen molar-refractivity contribution in [3.8, 4) is 0 Å². The molecule has 0 spiro atoms. The first-order valence-corrected chi connectivity index (χ1v) is 4.93. The molecule has 4 heteroatoms. The summed E-state index contributed by atoms with van der Waals surface area (Å²) in [4.78, 5) is 10.4. The predicted octanol–water partition coefficient (Wildman–Crippen LogP) is 1.87. The average molecular weight is 196 g/mol. The number of aromatic nitrogens is 2. The molecule has 78 valence electrons. The molecule has 0 aliphatic carbocycles. The van der Waals surface area contributed by atoms with Gasteiger partial charge in [0.25, 0.3) is 0 Å². The summed E-state index contributed by atoms with van der Waals surface area (Å²) in [6.45, 7) is 4.21. The molecule has 1 rings (SSSR count). The summed E-state index contributed by atoms with van der Waals surface area (Å²) in [5.41, 5.74) is 0.629. The maximum absolute atomic E-state index is 10.4. The lowest BCUT2D eigenvalue weighted by atomic mass is 10.2. The summed E-state index contributed by atoms with van der Waals surface area (Å²) in [5, 5.41) is 12.8. The second kappa shape index (κ2) is 4.79. The van der Waals surface area contributed by atoms with Crippen LogP contribution < -0.4 is 0 Å². The molecular formula is C10H16N2O2. The minimum absolute atomic E-state index is 0.00709. The molecule has 0 atom stereocenters. The quantitative estimate of drug-likeness (QED) is 0.782. The normalized spacial score (nSPS) is 10.8. The highest BCUT2D eigenvalue weighted by molar-refractivity contribution is 5.69. The number of carboxylic acid groups (broad SMARTS) is 1. The lowest BCUT2D eigenvalue weighted by Gasteiger charge is -2.12. The monoisotopic (exact) mass is 196 g/mol. The Bertz CT molecular complexity index is 303. The molecule has 1 heterocycles. The molecule has 14 heavy (non-hydrogen) atoms. The van der Waals surface area contributed by atoms with Crippen LogP contribution in [0.25, 0.3) is 0 Å². The minimum atomic E-state index is -0.834. The molecule has 0 unspecified atom stereocenters. The van der Waals surface area contributed by atoms with E-state index in [9.17, 15) is 4.79 Å². The number of hydrogen-bond acceptors (Lipinski definition) is 2. The Labute approximate surface area is 83.5 Å². The van der Waals surface area contributed by atoms with E-state index in [1.807, 2.05) is 10.9 Å². The summed E-state index contributed by atoms with van der Waals surface area (Å²) < 4.78 is 1.86. The fourth-order valence-electron chi connectivity index (χ4n) is 1.49. The summed E-state index contributed by atoms with van der Waals surface area (Å²) in [6.07, 6.45) is 3.90. The Morgan fingerprint density at radius 2 is 2.21 bits per heavy atom. The Hall–Kier alpha value is -1.32. The van der Waals surface area contributed by atoms with Crippen LogP contribution in [0.4, 0.5) is 0 Å². The first-order valence-electron chi connectivity index (χ1n) is 4.93. The van der Waals surface area contributed by atoms with Crippen molar-refractivity contribution in [1.29, 1.82) is 0 Å². The van der Waals surface area contributed by atoms with Crippen molar-refractivity contribution in [1.82, 2.24) is 9.78 Å². The molecule has 0 bridgehead atoms. The zero-order chi connectivity index (χ0) is 10.6. The second-order valence-electron chi connectivity index (χ2n) is 3.33. The third-order valence-corrected chi connectivity index (χ3v) is 2.31. The van der Waals surface area contributed by atoms with Gasteiger partial charge in [-0.25, -0.2) is 0 Å². The highest BCUT2D eigenvalue weighted by atomic mass is 16.4. The van der Waals surface area contributed by atoms with Gasteiger partial charge < -0.3 is 5.11 Å². The van der Waals surface area contributed by atoms with Crippen molar-refractivity contribution < 1.29 is 9.90 Å². The highest BCUT2D eigenvalue weighted by Crippen LogP contribution is 2.14. The van der Waals surface area contributed by atoms with Crippen LogP contribution in [0.3, 0.4) is 0 Å². The molecular weight excluding hydrogens is 180 g/mol. The Morgan fingerprint density at radius 3 is 2.71 bits per heavy atom. The summed E-state index contributed by atoms with van der Waals surface area (Å²) >= 11 is 0. The van der Waals surface area contributed by atoms with E-state index in [2.05, 4.69) is 18.9 Å². The van der Waals surface area contributed by atoms with Gasteiger partial charge in [-0.15, -0.1) is 0 Å². The van der Waals surface area contributed by atoms with E-state index >= 15 is 0 Å². The Morgan fingerprint density at radius 1 is 1.57 bits per heavy atom. The van der Waals surface area contributed by atoms with Gasteiger partial charge in [0.2, 0.25) is 0 Å². The fourth-order valence-corrected chi connectivity index (χ4v) is 1.49. The molecule has 0 aromatic carbocycles. The number of nitrogens with zero attached hydrogens (tertiary/aromatic N) is 2. The first-order chi connectivity index (χ1) is 6.67. The third-order valence-electron chi connectivity index (χ3n) is 2.31. The van der Waals surface area contributed by atoms with Gasteiger partial charge in [-0.05, 0) is 18.9 Å². The lowest BCUT2D eigenvalue weighted by molar-refractivity contribution is -0.136. The smallest absolute Gasteiger partial charge is 0.309 e. The molecule has 0 saturated carbocycles. The molecule has 0 aliphatic rings. The van der Waals surface area contributed by atoms with Crippen LogP contribution in [0, 0.1) is 0 Å². The van der Waals surface area contributed by atoms with Crippen molar-refractivity contribution in [2.24, 2.45) is 0 Å². The van der Waals surface area contributed by atoms with Crippen LogP contribution in [0.1, 0.15) is 38.4 Å². The van der Waals surface area contributed by atoms with Crippen LogP contribution in [0.2, 0.25) is 0 Å². The number of rotatable bonds is 5. The number of aliphatic carboxylic acids is 1. The van der Waals surface area contributed by atoms with E-state index in [1.54, 1.807) is 6.07 Å². The maximum atomic E-state index is 10.4. The van der Waals surface area contributed by atoms with Crippen LogP contribution >= 0.6 is 0 Å². The van der Waals surface area contributed by atoms with E-state index in [1.165, 1.54) is 0 Å². The summed E-state index contributed by atoms with van der Waals surface area (Å²) in [5.74, 6) is -0.834. The Kier molecular flexibility index (Phi) is 3.68. The van der Waals surface area contributed by atoms with Gasteiger partial charge in [-0.1, -0.05) is 13.8 Å². The molecule has 4 nitrogen and oxygen atoms in total. The summed E-state index contributed by atoms with van der Waals surface area (Å²) in [7, 11) is 0. The van der Waals surface area contributed by atoms with Crippen LogP contribution in [-0.4, -0.2) is 20.9 Å². The van der Waals surface area contributed by atoms with Gasteiger partial charge in [0, 0.05) is 6.20 Å². The second-order valence-corrected chi connectivity index (χ2v) is 3.33. The van der Waals surface area contributed by atoms with Gasteiger partial charge in [0.15, 0.2) is 0 Å². The van der Waals surface area contributed by atoms with E-state index in [-0.39, 0.29) is 6.42 Å². The van der Waals surface area contributed by atoms with Gasteiger partial charge in [0.05, 0.1) is 18.2 Å². The minimum Gasteiger partial charge on any atom is -0.481 e. The van der Waals surface area contributed by atoms with E-state index in [4.69, 9.17) is 5.11 Å². The van der Waals surface area contributed by atoms with Crippen molar-refractivity contribution in [3.63, 3.8) is 0 Å². The lowest BCUT2D eigenvalue weighted by Crippen LogP contribution is -2.09. The number of carboxylic acids is 1. The summed E-state index contributed by atoms with van der Waals surface area (Å²) in [6, 6.07) is 2.16. The van der Waals surface area contributed by atoms with Gasteiger partial charge in [0.1, 0.15) is 0 Å². The molecule has 1 N–H and O–H groups in total. The van der Waals surface area contributed by atoms with E-state index in [0.717, 1.165) is 12.8 Å². The first kappa shape index (κ1) is 10.8. The van der Waals surface area contributed by atoms with E-state index < -0.39 is 5.97 Å². The van der Waals surface area contributed by atoms with Gasteiger partial charge in [-0.2, -0.15) is 5.10 Å². The molecule has 0 amide bonds. The van der Waals surface area contributed by atoms with Crippen LogP contribution in [-0.2, 0) is 11.2 Å². The Balaban J connectivity index is 2.71. The third kappa shape index (κ3) is 2.58. The van der Waals surface area contributed by atoms with Crippen molar-refractivity contribution in [3.05, 3.63) is 18.0 Å². The zero-order valence-electron chi connectivity index (χ0n) is 8.60. The zero-order valence-corrected chi connectivity index (χ0v) is 8.60. The molecule has 1 aromatic heterocycles. The SMILES string of the molecule is CCC(CC)n1ccc(CC(=O)O)n1. The molecule has 0 aliphatic heterocycles. The van der Waals surface area contributed by atoms with Crippen molar-refractivity contribution in [2.75, 3.05) is 0 Å². The molecule has 0 radical (unpaired) electrons. The largest absolute Gasteiger partial charge is 0.481 e. The number of hydrogen-bond donors (Lipinski definition) is 1. The van der Waals surface area contributed by atoms with Crippen molar-refractivity contribution in [2.45, 2.75) is 39.2 Å². The molecule has 0 fully saturated rings. The van der Waals surface area contributed by atoms with Gasteiger partial charge >= 0.3 is 5.97 Å². The number of carbonyl (C=O) groups is 1. The predicted molar refractivity (Wildman–Crippen MR) is 53.2 cm³/mol. The van der Waals surface area contributed by atoms with E-state index in [0.29, 0.717) is 11.7 Å². The standard InChI is InChI=1S/C10H16N2O2/c1-3-9(4-2)12-6-5-8(11-12)7-10(13)14/h5-6,9H,3-4,7H2,1-2H3,(H,13,14). The maximum Gasteiger partial charge on any atom is 0.309 e. The van der Waals surface area contributed by atoms with Crippen molar-refractivity contribution >= 4 is 5.97 Å². The van der Waals surface area contributed by atoms with Gasteiger partial charge in [-0.3, -0.25) is 9.48 Å².